The molecule has 0 unspecified atom stereocenters. The van der Waals surface area contributed by atoms with Crippen LogP contribution in [0.5, 0.6) is 0 Å². The van der Waals surface area contributed by atoms with E-state index in [1.165, 1.54) is 12.8 Å². The zero-order valence-electron chi connectivity index (χ0n) is 12.1. The maximum atomic E-state index is 12.5. The lowest BCUT2D eigenvalue weighted by Crippen LogP contribution is -2.38. The molecule has 4 nitrogen and oxygen atoms in total. The molecule has 1 aromatic carbocycles. The van der Waals surface area contributed by atoms with E-state index in [2.05, 4.69) is 4.98 Å². The molecule has 1 saturated carbocycles. The van der Waals surface area contributed by atoms with E-state index in [0.29, 0.717) is 6.54 Å². The number of para-hydroxylation sites is 2. The molecule has 2 aromatic rings. The Kier molecular flexibility index (Phi) is 3.02. The number of piperidine rings is 1. The lowest BCUT2D eigenvalue weighted by Gasteiger charge is -2.28. The van der Waals surface area contributed by atoms with E-state index in [1.807, 2.05) is 33.7 Å². The average Bonchev–Trinajstić information content (AvgIpc) is 3.30. The minimum Gasteiger partial charge on any atom is -0.341 e. The van der Waals surface area contributed by atoms with Crippen LogP contribution in [0.1, 0.15) is 25.7 Å². The normalized spacial score (nSPS) is 18.4. The van der Waals surface area contributed by atoms with Crippen LogP contribution < -0.4 is 0 Å². The van der Waals surface area contributed by atoms with Crippen molar-refractivity contribution in [1.82, 2.24) is 14.5 Å². The molecule has 21 heavy (non-hydrogen) atoms. The van der Waals surface area contributed by atoms with Crippen molar-refractivity contribution in [3.63, 3.8) is 0 Å². The fourth-order valence-corrected chi connectivity index (χ4v) is 3.18. The Hall–Kier alpha value is -2.10. The van der Waals surface area contributed by atoms with E-state index in [-0.39, 0.29) is 5.91 Å². The number of aromatic nitrogens is 2. The van der Waals surface area contributed by atoms with Gasteiger partial charge in [-0.25, -0.2) is 4.98 Å². The summed E-state index contributed by atoms with van der Waals surface area (Å²) in [7, 11) is 0. The van der Waals surface area contributed by atoms with Crippen LogP contribution in [-0.4, -0.2) is 33.4 Å². The van der Waals surface area contributed by atoms with Crippen LogP contribution in [0.25, 0.3) is 11.0 Å². The highest BCUT2D eigenvalue weighted by atomic mass is 16.2. The first-order chi connectivity index (χ1) is 10.3. The van der Waals surface area contributed by atoms with E-state index < -0.39 is 0 Å². The smallest absolute Gasteiger partial charge is 0.242 e. The summed E-state index contributed by atoms with van der Waals surface area (Å²) in [6.07, 6.45) is 6.51. The van der Waals surface area contributed by atoms with Crippen molar-refractivity contribution in [3.05, 3.63) is 41.7 Å². The third-order valence-corrected chi connectivity index (χ3v) is 4.55. The Morgan fingerprint density at radius 3 is 2.52 bits per heavy atom. The van der Waals surface area contributed by atoms with Gasteiger partial charge in [0.05, 0.1) is 17.4 Å². The van der Waals surface area contributed by atoms with Gasteiger partial charge in [0.1, 0.15) is 6.54 Å². The number of likely N-dealkylation sites (tertiary alicyclic amines) is 1. The van der Waals surface area contributed by atoms with Gasteiger partial charge in [-0.15, -0.1) is 0 Å². The van der Waals surface area contributed by atoms with Crippen LogP contribution in [0.4, 0.5) is 0 Å². The van der Waals surface area contributed by atoms with E-state index in [0.717, 1.165) is 37.0 Å². The van der Waals surface area contributed by atoms with Crippen LogP contribution in [0.15, 0.2) is 41.7 Å². The maximum absolute atomic E-state index is 12.5. The fourth-order valence-electron chi connectivity index (χ4n) is 3.18. The predicted molar refractivity (Wildman–Crippen MR) is 81.8 cm³/mol. The number of amides is 1. The van der Waals surface area contributed by atoms with Crippen molar-refractivity contribution >= 4 is 16.9 Å². The molecule has 0 spiro atoms. The van der Waals surface area contributed by atoms with Gasteiger partial charge in [0, 0.05) is 13.1 Å². The van der Waals surface area contributed by atoms with Gasteiger partial charge >= 0.3 is 0 Å². The van der Waals surface area contributed by atoms with Gasteiger partial charge in [0.2, 0.25) is 5.91 Å². The van der Waals surface area contributed by atoms with Gasteiger partial charge in [-0.1, -0.05) is 23.3 Å². The molecule has 1 amide bonds. The Morgan fingerprint density at radius 1 is 1.05 bits per heavy atom. The molecule has 2 fully saturated rings. The number of rotatable bonds is 2. The summed E-state index contributed by atoms with van der Waals surface area (Å²) in [5.74, 6) is 0.206. The van der Waals surface area contributed by atoms with E-state index in [4.69, 9.17) is 0 Å². The number of imidazole rings is 1. The van der Waals surface area contributed by atoms with Gasteiger partial charge in [-0.2, -0.15) is 0 Å². The molecule has 0 radical (unpaired) electrons. The molecule has 1 aromatic heterocycles. The Labute approximate surface area is 124 Å². The van der Waals surface area contributed by atoms with Crippen LogP contribution >= 0.6 is 0 Å². The standard InChI is InChI=1S/C17H19N3O/c21-17(19-9-7-14(8-10-19)13-5-6-13)11-20-12-18-15-3-1-2-4-16(15)20/h1-4,12H,5-11H2. The summed E-state index contributed by atoms with van der Waals surface area (Å²) >= 11 is 0. The molecule has 1 aliphatic carbocycles. The lowest BCUT2D eigenvalue weighted by atomic mass is 10.0. The van der Waals surface area contributed by atoms with Gasteiger partial charge in [0.25, 0.3) is 0 Å². The Bertz CT molecular complexity index is 712. The minimum atomic E-state index is 0.206. The molecule has 0 atom stereocenters. The monoisotopic (exact) mass is 281 g/mol. The van der Waals surface area contributed by atoms with E-state index in [9.17, 15) is 4.79 Å². The molecule has 108 valence electrons. The lowest BCUT2D eigenvalue weighted by molar-refractivity contribution is -0.132. The number of allylic oxidation sites excluding steroid dienone is 1. The highest BCUT2D eigenvalue weighted by Crippen LogP contribution is 2.36. The van der Waals surface area contributed by atoms with Crippen LogP contribution in [0.2, 0.25) is 0 Å². The largest absolute Gasteiger partial charge is 0.341 e. The maximum Gasteiger partial charge on any atom is 0.242 e. The zero-order valence-corrected chi connectivity index (χ0v) is 12.1. The third kappa shape index (κ3) is 2.46. The van der Waals surface area contributed by atoms with Crippen LogP contribution in [-0.2, 0) is 11.3 Å². The van der Waals surface area contributed by atoms with Crippen molar-refractivity contribution in [2.24, 2.45) is 0 Å². The Morgan fingerprint density at radius 2 is 1.76 bits per heavy atom. The number of fused-ring (bicyclic) bond motifs is 1. The quantitative estimate of drug-likeness (QED) is 0.794. The van der Waals surface area contributed by atoms with Crippen molar-refractivity contribution in [3.8, 4) is 0 Å². The molecular formula is C17H19N3O. The summed E-state index contributed by atoms with van der Waals surface area (Å²) in [5, 5.41) is 0. The minimum absolute atomic E-state index is 0.206. The summed E-state index contributed by atoms with van der Waals surface area (Å²) in [6.45, 7) is 2.15. The van der Waals surface area contributed by atoms with Gasteiger partial charge in [-0.05, 0) is 37.8 Å². The number of carbonyl (C=O) groups is 1. The highest BCUT2D eigenvalue weighted by Gasteiger charge is 2.24. The SMILES string of the molecule is O=C(Cn1cnc2ccccc21)N1CCC(=C2CC2)CC1. The summed E-state index contributed by atoms with van der Waals surface area (Å²) in [4.78, 5) is 18.8. The molecule has 0 bridgehead atoms. The second kappa shape index (κ2) is 5.02. The van der Waals surface area contributed by atoms with E-state index >= 15 is 0 Å². The second-order valence-corrected chi connectivity index (χ2v) is 5.95. The number of nitrogens with zero attached hydrogens (tertiary/aromatic N) is 3. The summed E-state index contributed by atoms with van der Waals surface area (Å²) < 4.78 is 1.95. The molecule has 1 saturated heterocycles. The van der Waals surface area contributed by atoms with Gasteiger partial charge < -0.3 is 9.47 Å². The van der Waals surface area contributed by atoms with Crippen molar-refractivity contribution in [2.75, 3.05) is 13.1 Å². The van der Waals surface area contributed by atoms with Crippen LogP contribution in [0.3, 0.4) is 0 Å². The first kappa shape index (κ1) is 12.6. The summed E-state index contributed by atoms with van der Waals surface area (Å²) in [5.41, 5.74) is 5.25. The molecule has 4 heteroatoms. The number of hydrogen-bond acceptors (Lipinski definition) is 2. The fraction of sp³-hybridized carbons (Fsp3) is 0.412. The molecule has 2 heterocycles. The highest BCUT2D eigenvalue weighted by molar-refractivity contribution is 5.80. The van der Waals surface area contributed by atoms with E-state index in [1.54, 1.807) is 17.5 Å². The molecule has 4 rings (SSSR count). The van der Waals surface area contributed by atoms with Gasteiger partial charge in [0.15, 0.2) is 0 Å². The zero-order chi connectivity index (χ0) is 14.2. The average molecular weight is 281 g/mol. The number of hydrogen-bond donors (Lipinski definition) is 0. The molecule has 2 aliphatic rings. The van der Waals surface area contributed by atoms with Gasteiger partial charge in [-0.3, -0.25) is 4.79 Å². The topological polar surface area (TPSA) is 38.1 Å². The first-order valence-electron chi connectivity index (χ1n) is 7.69. The Balaban J connectivity index is 1.45. The van der Waals surface area contributed by atoms with Crippen molar-refractivity contribution in [1.29, 1.82) is 0 Å². The number of carbonyl (C=O) groups excluding carboxylic acids is 1. The molecular weight excluding hydrogens is 262 g/mol. The van der Waals surface area contributed by atoms with Crippen LogP contribution in [0, 0.1) is 0 Å². The van der Waals surface area contributed by atoms with Crippen molar-refractivity contribution in [2.45, 2.75) is 32.2 Å². The second-order valence-electron chi connectivity index (χ2n) is 5.95. The number of benzene rings is 1. The molecule has 0 N–H and O–H groups in total. The predicted octanol–water partition coefficient (Wildman–Crippen LogP) is 2.75. The molecule has 1 aliphatic heterocycles. The first-order valence-corrected chi connectivity index (χ1v) is 7.69. The van der Waals surface area contributed by atoms with Crippen molar-refractivity contribution < 1.29 is 4.79 Å². The summed E-state index contributed by atoms with van der Waals surface area (Å²) in [6, 6.07) is 7.95. The third-order valence-electron chi connectivity index (χ3n) is 4.55.